The number of aryl methyl sites for hydroxylation is 1. The first-order chi connectivity index (χ1) is 8.55. The summed E-state index contributed by atoms with van der Waals surface area (Å²) in [5.74, 6) is 0.572. The predicted molar refractivity (Wildman–Crippen MR) is 76.3 cm³/mol. The van der Waals surface area contributed by atoms with Gasteiger partial charge in [0.2, 0.25) is 0 Å². The van der Waals surface area contributed by atoms with E-state index < -0.39 is 6.72 Å². The average Bonchev–Trinajstić information content (AvgIpc) is 2.32. The van der Waals surface area contributed by atoms with Gasteiger partial charge in [0.1, 0.15) is 5.75 Å². The van der Waals surface area contributed by atoms with Crippen LogP contribution in [0.1, 0.15) is 37.7 Å². The molecule has 0 heterocycles. The standard InChI is InChI=1S/C13H19O3PS/c1-11-7-9-13(10-8-11)16-17(14,18)15-12-5-3-2-4-6-12/h7-10,12H,2-6H2,1H3,(H,14,18). The number of hydrogen-bond donors (Lipinski definition) is 1. The van der Waals surface area contributed by atoms with E-state index in [2.05, 4.69) is 0 Å². The molecule has 1 aromatic carbocycles. The topological polar surface area (TPSA) is 38.7 Å². The summed E-state index contributed by atoms with van der Waals surface area (Å²) in [4.78, 5) is 10.1. The fourth-order valence-corrected chi connectivity index (χ4v) is 3.75. The zero-order chi connectivity index (χ0) is 13.0. The van der Waals surface area contributed by atoms with Crippen LogP contribution in [-0.4, -0.2) is 11.0 Å². The predicted octanol–water partition coefficient (Wildman–Crippen LogP) is 3.94. The molecule has 0 saturated heterocycles. The third kappa shape index (κ3) is 4.36. The Hall–Kier alpha value is -0.410. The Balaban J connectivity index is 1.93. The van der Waals surface area contributed by atoms with Crippen molar-refractivity contribution in [3.05, 3.63) is 29.8 Å². The quantitative estimate of drug-likeness (QED) is 0.851. The molecule has 1 aromatic rings. The lowest BCUT2D eigenvalue weighted by atomic mass is 9.98. The van der Waals surface area contributed by atoms with Crippen molar-refractivity contribution in [2.45, 2.75) is 45.1 Å². The summed E-state index contributed by atoms with van der Waals surface area (Å²) in [6, 6.07) is 7.45. The molecule has 1 fully saturated rings. The van der Waals surface area contributed by atoms with Gasteiger partial charge in [0, 0.05) is 11.8 Å². The Bertz CT molecular complexity index is 426. The van der Waals surface area contributed by atoms with Crippen LogP contribution in [0.25, 0.3) is 0 Å². The third-order valence-corrected chi connectivity index (χ3v) is 4.56. The van der Waals surface area contributed by atoms with Crippen molar-refractivity contribution in [2.24, 2.45) is 0 Å². The van der Waals surface area contributed by atoms with E-state index in [1.807, 2.05) is 19.1 Å². The smallest absolute Gasteiger partial charge is 0.378 e. The average molecular weight is 286 g/mol. The molecule has 0 radical (unpaired) electrons. The first kappa shape index (κ1) is 14.0. The van der Waals surface area contributed by atoms with Crippen LogP contribution in [0.2, 0.25) is 0 Å². The van der Waals surface area contributed by atoms with Crippen molar-refractivity contribution >= 4 is 18.5 Å². The van der Waals surface area contributed by atoms with Gasteiger partial charge in [-0.1, -0.05) is 37.0 Å². The SMILES string of the molecule is Cc1ccc(OP(O)(=S)OC2CCCCC2)cc1. The Morgan fingerprint density at radius 1 is 1.17 bits per heavy atom. The van der Waals surface area contributed by atoms with Crippen molar-refractivity contribution in [2.75, 3.05) is 0 Å². The second-order valence-electron chi connectivity index (χ2n) is 4.74. The first-order valence-electron chi connectivity index (χ1n) is 6.33. The third-order valence-electron chi connectivity index (χ3n) is 3.08. The van der Waals surface area contributed by atoms with E-state index in [-0.39, 0.29) is 6.10 Å². The van der Waals surface area contributed by atoms with Gasteiger partial charge < -0.3 is 9.42 Å². The molecular formula is C13H19O3PS. The highest BCUT2D eigenvalue weighted by Gasteiger charge is 2.24. The molecule has 5 heteroatoms. The fourth-order valence-electron chi connectivity index (χ4n) is 2.11. The maximum Gasteiger partial charge on any atom is 0.378 e. The van der Waals surface area contributed by atoms with E-state index >= 15 is 0 Å². The van der Waals surface area contributed by atoms with Gasteiger partial charge in [-0.05, 0) is 31.9 Å². The van der Waals surface area contributed by atoms with E-state index in [1.54, 1.807) is 12.1 Å². The minimum absolute atomic E-state index is 0.0556. The first-order valence-corrected chi connectivity index (χ1v) is 8.92. The highest BCUT2D eigenvalue weighted by molar-refractivity contribution is 8.07. The monoisotopic (exact) mass is 286 g/mol. The lowest BCUT2D eigenvalue weighted by Crippen LogP contribution is -2.16. The molecule has 1 unspecified atom stereocenters. The van der Waals surface area contributed by atoms with Crippen molar-refractivity contribution in [1.29, 1.82) is 0 Å². The van der Waals surface area contributed by atoms with Crippen LogP contribution in [0.15, 0.2) is 24.3 Å². The lowest BCUT2D eigenvalue weighted by molar-refractivity contribution is 0.134. The molecule has 0 aromatic heterocycles. The summed E-state index contributed by atoms with van der Waals surface area (Å²) in [6.45, 7) is -1.17. The molecule has 100 valence electrons. The summed E-state index contributed by atoms with van der Waals surface area (Å²) in [5, 5.41) is 0. The summed E-state index contributed by atoms with van der Waals surface area (Å²) in [7, 11) is 0. The van der Waals surface area contributed by atoms with E-state index in [0.29, 0.717) is 5.75 Å². The molecule has 0 spiro atoms. The molecule has 1 aliphatic rings. The van der Waals surface area contributed by atoms with Gasteiger partial charge in [0.05, 0.1) is 6.10 Å². The van der Waals surface area contributed by atoms with Gasteiger partial charge in [-0.2, -0.15) is 0 Å². The molecule has 1 saturated carbocycles. The molecule has 3 nitrogen and oxygen atoms in total. The molecule has 0 aliphatic heterocycles. The summed E-state index contributed by atoms with van der Waals surface area (Å²) < 4.78 is 11.0. The normalized spacial score (nSPS) is 20.3. The Labute approximate surface area is 113 Å². The van der Waals surface area contributed by atoms with Gasteiger partial charge >= 0.3 is 6.72 Å². The highest BCUT2D eigenvalue weighted by Crippen LogP contribution is 2.47. The van der Waals surface area contributed by atoms with E-state index in [9.17, 15) is 4.89 Å². The lowest BCUT2D eigenvalue weighted by Gasteiger charge is -2.26. The fraction of sp³-hybridized carbons (Fsp3) is 0.538. The molecule has 1 N–H and O–H groups in total. The van der Waals surface area contributed by atoms with Crippen LogP contribution in [0.3, 0.4) is 0 Å². The minimum Gasteiger partial charge on any atom is -0.424 e. The molecule has 1 atom stereocenters. The van der Waals surface area contributed by atoms with Crippen LogP contribution in [0, 0.1) is 6.92 Å². The van der Waals surface area contributed by atoms with E-state index in [0.717, 1.165) is 31.2 Å². The Morgan fingerprint density at radius 3 is 2.39 bits per heavy atom. The van der Waals surface area contributed by atoms with Gasteiger partial charge in [-0.25, -0.2) is 0 Å². The highest BCUT2D eigenvalue weighted by atomic mass is 32.5. The largest absolute Gasteiger partial charge is 0.424 e. The van der Waals surface area contributed by atoms with Crippen LogP contribution >= 0.6 is 6.72 Å². The van der Waals surface area contributed by atoms with Crippen molar-refractivity contribution < 1.29 is 13.9 Å². The van der Waals surface area contributed by atoms with Crippen LogP contribution in [0.5, 0.6) is 5.75 Å². The van der Waals surface area contributed by atoms with E-state index in [4.69, 9.17) is 20.9 Å². The maximum absolute atomic E-state index is 10.1. The van der Waals surface area contributed by atoms with Gasteiger partial charge in [-0.15, -0.1) is 0 Å². The van der Waals surface area contributed by atoms with Crippen molar-refractivity contribution in [1.82, 2.24) is 0 Å². The minimum atomic E-state index is -3.16. The molecule has 0 bridgehead atoms. The zero-order valence-corrected chi connectivity index (χ0v) is 12.3. The second-order valence-corrected chi connectivity index (χ2v) is 7.45. The number of rotatable bonds is 4. The number of hydrogen-bond acceptors (Lipinski definition) is 3. The summed E-state index contributed by atoms with van der Waals surface area (Å²) >= 11 is 5.06. The van der Waals surface area contributed by atoms with Crippen molar-refractivity contribution in [3.8, 4) is 5.75 Å². The molecular weight excluding hydrogens is 267 g/mol. The van der Waals surface area contributed by atoms with Crippen LogP contribution in [-0.2, 0) is 16.3 Å². The molecule has 1 aliphatic carbocycles. The molecule has 2 rings (SSSR count). The van der Waals surface area contributed by atoms with Gasteiger partial charge in [0.25, 0.3) is 0 Å². The van der Waals surface area contributed by atoms with Crippen LogP contribution < -0.4 is 4.52 Å². The molecule has 0 amide bonds. The number of benzene rings is 1. The van der Waals surface area contributed by atoms with Crippen LogP contribution in [0.4, 0.5) is 0 Å². The van der Waals surface area contributed by atoms with E-state index in [1.165, 1.54) is 6.42 Å². The Morgan fingerprint density at radius 2 is 1.78 bits per heavy atom. The van der Waals surface area contributed by atoms with Crippen molar-refractivity contribution in [3.63, 3.8) is 0 Å². The zero-order valence-electron chi connectivity index (χ0n) is 10.5. The molecule has 18 heavy (non-hydrogen) atoms. The van der Waals surface area contributed by atoms with Gasteiger partial charge in [0.15, 0.2) is 0 Å². The van der Waals surface area contributed by atoms with Gasteiger partial charge in [-0.3, -0.25) is 4.52 Å². The maximum atomic E-state index is 10.1. The second kappa shape index (κ2) is 6.16. The summed E-state index contributed by atoms with van der Waals surface area (Å²) in [5.41, 5.74) is 1.14. The summed E-state index contributed by atoms with van der Waals surface area (Å²) in [6.07, 6.45) is 5.52. The Kier molecular flexibility index (Phi) is 4.79.